The minimum absolute atomic E-state index is 0.460. The van der Waals surface area contributed by atoms with Crippen molar-refractivity contribution in [3.63, 3.8) is 0 Å². The molecule has 0 atom stereocenters. The molecule has 1 aliphatic carbocycles. The predicted octanol–water partition coefficient (Wildman–Crippen LogP) is 14.6. The van der Waals surface area contributed by atoms with Crippen LogP contribution in [-0.4, -0.2) is 0 Å². The summed E-state index contributed by atoms with van der Waals surface area (Å²) in [5.41, 5.74) is 10.9. The Morgan fingerprint density at radius 1 is 0.364 bits per heavy atom. The molecule has 0 fully saturated rings. The van der Waals surface area contributed by atoms with Crippen LogP contribution in [0.15, 0.2) is 210 Å². The topological polar surface area (TPSA) is 3.24 Å². The first-order chi connectivity index (χ1) is 27.3. The van der Waals surface area contributed by atoms with Gasteiger partial charge in [-0.3, -0.25) is 0 Å². The van der Waals surface area contributed by atoms with Crippen LogP contribution in [0.5, 0.6) is 0 Å². The molecule has 12 rings (SSSR count). The number of benzene rings is 10. The van der Waals surface area contributed by atoms with Crippen molar-refractivity contribution in [1.29, 1.82) is 0 Å². The summed E-state index contributed by atoms with van der Waals surface area (Å²) in [5.74, 6) is 0. The highest BCUT2D eigenvalue weighted by Gasteiger charge is 2.50. The van der Waals surface area contributed by atoms with Crippen molar-refractivity contribution < 1.29 is 0 Å². The SMILES string of the molecule is c1ccc2c(c1)Sc1c(N(c3ccc(-c4cccc5ccccc45)cc3)c3cccc4ccccc34)cccc1C21c2cccc3ccc4cccc1c4c23. The van der Waals surface area contributed by atoms with E-state index in [9.17, 15) is 0 Å². The summed E-state index contributed by atoms with van der Waals surface area (Å²) in [6.45, 7) is 0. The maximum Gasteiger partial charge on any atom is 0.0736 e. The fraction of sp³-hybridized carbons (Fsp3) is 0.0189. The van der Waals surface area contributed by atoms with Crippen LogP contribution in [-0.2, 0) is 5.41 Å². The molecule has 0 radical (unpaired) electrons. The summed E-state index contributed by atoms with van der Waals surface area (Å²) < 4.78 is 0. The van der Waals surface area contributed by atoms with Crippen LogP contribution in [0.2, 0.25) is 0 Å². The fourth-order valence-corrected chi connectivity index (χ4v) is 11.1. The minimum atomic E-state index is -0.460. The van der Waals surface area contributed by atoms with E-state index in [0.717, 1.165) is 11.4 Å². The third-order valence-electron chi connectivity index (χ3n) is 12.1. The number of anilines is 3. The molecule has 10 aromatic carbocycles. The molecule has 0 saturated carbocycles. The van der Waals surface area contributed by atoms with E-state index in [1.807, 2.05) is 11.8 Å². The van der Waals surface area contributed by atoms with Crippen molar-refractivity contribution >= 4 is 71.9 Å². The normalized spacial score (nSPS) is 13.5. The quantitative estimate of drug-likeness (QED) is 0.167. The molecule has 1 nitrogen and oxygen atoms in total. The molecule has 2 aliphatic rings. The van der Waals surface area contributed by atoms with Crippen LogP contribution in [0.3, 0.4) is 0 Å². The Morgan fingerprint density at radius 2 is 0.891 bits per heavy atom. The zero-order chi connectivity index (χ0) is 36.1. The highest BCUT2D eigenvalue weighted by atomic mass is 32.2. The monoisotopic (exact) mass is 715 g/mol. The average Bonchev–Trinajstić information content (AvgIpc) is 3.55. The smallest absolute Gasteiger partial charge is 0.0736 e. The van der Waals surface area contributed by atoms with Crippen molar-refractivity contribution in [1.82, 2.24) is 0 Å². The second kappa shape index (κ2) is 11.7. The maximum absolute atomic E-state index is 2.51. The number of hydrogen-bond donors (Lipinski definition) is 0. The van der Waals surface area contributed by atoms with E-state index in [2.05, 4.69) is 205 Å². The molecule has 0 unspecified atom stereocenters. The van der Waals surface area contributed by atoms with Crippen molar-refractivity contribution in [3.05, 3.63) is 222 Å². The Balaban J connectivity index is 1.14. The number of nitrogens with zero attached hydrogens (tertiary/aromatic N) is 1. The van der Waals surface area contributed by atoms with Gasteiger partial charge in [-0.05, 0) is 101 Å². The molecule has 0 N–H and O–H groups in total. The first-order valence-corrected chi connectivity index (χ1v) is 19.8. The van der Waals surface area contributed by atoms with Crippen LogP contribution >= 0.6 is 11.8 Å². The summed E-state index contributed by atoms with van der Waals surface area (Å²) in [7, 11) is 0. The van der Waals surface area contributed by atoms with Crippen LogP contribution in [0.25, 0.3) is 54.2 Å². The first-order valence-electron chi connectivity index (χ1n) is 19.0. The zero-order valence-corrected chi connectivity index (χ0v) is 30.7. The molecule has 0 amide bonds. The fourth-order valence-electron chi connectivity index (χ4n) is 9.81. The Labute approximate surface area is 324 Å². The van der Waals surface area contributed by atoms with E-state index in [4.69, 9.17) is 0 Å². The molecule has 10 aromatic rings. The van der Waals surface area contributed by atoms with Crippen LogP contribution in [0, 0.1) is 0 Å². The third kappa shape index (κ3) is 4.26. The second-order valence-electron chi connectivity index (χ2n) is 14.8. The standard InChI is InChI=1S/C53H33NS/c1-3-18-40-34(12-1)14-7-20-41(40)36-30-32-39(33-31-36)54(47-25-10-15-35-13-2-4-19-42(35)47)48-26-11-24-46-52(48)55-49-27-6-5-21-43(49)53(46)44-22-8-16-37-28-29-38-17-9-23-45(53)51(38)50(37)44/h1-33H. The van der Waals surface area contributed by atoms with Crippen molar-refractivity contribution in [2.24, 2.45) is 0 Å². The highest BCUT2D eigenvalue weighted by Crippen LogP contribution is 2.63. The number of fused-ring (bicyclic) bond motifs is 8. The van der Waals surface area contributed by atoms with Crippen molar-refractivity contribution in [3.8, 4) is 11.1 Å². The molecule has 0 aromatic heterocycles. The molecular weight excluding hydrogens is 683 g/mol. The van der Waals surface area contributed by atoms with Crippen LogP contribution in [0.4, 0.5) is 17.1 Å². The Kier molecular flexibility index (Phi) is 6.55. The number of hydrogen-bond acceptors (Lipinski definition) is 2. The van der Waals surface area contributed by atoms with Gasteiger partial charge in [-0.25, -0.2) is 0 Å². The van der Waals surface area contributed by atoms with Gasteiger partial charge in [0.1, 0.15) is 0 Å². The first kappa shape index (κ1) is 30.8. The largest absolute Gasteiger partial charge is 0.309 e. The molecule has 55 heavy (non-hydrogen) atoms. The van der Waals surface area contributed by atoms with Gasteiger partial charge in [0.15, 0.2) is 0 Å². The maximum atomic E-state index is 2.51. The van der Waals surface area contributed by atoms with E-state index < -0.39 is 5.41 Å². The lowest BCUT2D eigenvalue weighted by molar-refractivity contribution is 0.725. The Hall–Kier alpha value is -6.61. The predicted molar refractivity (Wildman–Crippen MR) is 233 cm³/mol. The molecule has 1 aliphatic heterocycles. The highest BCUT2D eigenvalue weighted by molar-refractivity contribution is 7.99. The van der Waals surface area contributed by atoms with Gasteiger partial charge in [0, 0.05) is 20.9 Å². The molecule has 0 saturated heterocycles. The summed E-state index contributed by atoms with van der Waals surface area (Å²) in [4.78, 5) is 5.09. The minimum Gasteiger partial charge on any atom is -0.309 e. The van der Waals surface area contributed by atoms with Gasteiger partial charge in [-0.1, -0.05) is 182 Å². The molecule has 1 heterocycles. The van der Waals surface area contributed by atoms with E-state index in [1.54, 1.807) is 0 Å². The van der Waals surface area contributed by atoms with Gasteiger partial charge >= 0.3 is 0 Å². The van der Waals surface area contributed by atoms with Gasteiger partial charge in [0.05, 0.1) is 16.8 Å². The molecule has 0 bridgehead atoms. The third-order valence-corrected chi connectivity index (χ3v) is 13.3. The van der Waals surface area contributed by atoms with E-state index in [0.29, 0.717) is 0 Å². The van der Waals surface area contributed by atoms with Gasteiger partial charge < -0.3 is 4.90 Å². The van der Waals surface area contributed by atoms with E-state index >= 15 is 0 Å². The summed E-state index contributed by atoms with van der Waals surface area (Å²) in [5, 5.41) is 10.3. The summed E-state index contributed by atoms with van der Waals surface area (Å²) in [6.07, 6.45) is 0. The lowest BCUT2D eigenvalue weighted by atomic mass is 9.67. The second-order valence-corrected chi connectivity index (χ2v) is 15.8. The molecule has 2 heteroatoms. The summed E-state index contributed by atoms with van der Waals surface area (Å²) >= 11 is 1.91. The lowest BCUT2D eigenvalue weighted by Gasteiger charge is -2.41. The Morgan fingerprint density at radius 3 is 1.65 bits per heavy atom. The van der Waals surface area contributed by atoms with E-state index in [1.165, 1.54) is 91.9 Å². The van der Waals surface area contributed by atoms with Crippen molar-refractivity contribution in [2.75, 3.05) is 4.90 Å². The summed E-state index contributed by atoms with van der Waals surface area (Å²) in [6, 6.07) is 74.5. The van der Waals surface area contributed by atoms with Gasteiger partial charge in [-0.15, -0.1) is 0 Å². The molecule has 256 valence electrons. The van der Waals surface area contributed by atoms with Crippen molar-refractivity contribution in [2.45, 2.75) is 15.2 Å². The van der Waals surface area contributed by atoms with Gasteiger partial charge in [0.25, 0.3) is 0 Å². The molecular formula is C53H33NS. The van der Waals surface area contributed by atoms with Crippen LogP contribution in [0.1, 0.15) is 22.3 Å². The van der Waals surface area contributed by atoms with Gasteiger partial charge in [-0.2, -0.15) is 0 Å². The number of rotatable bonds is 4. The zero-order valence-electron chi connectivity index (χ0n) is 29.9. The van der Waals surface area contributed by atoms with E-state index in [-0.39, 0.29) is 0 Å². The van der Waals surface area contributed by atoms with Crippen LogP contribution < -0.4 is 4.90 Å². The molecule has 1 spiro atoms. The average molecular weight is 716 g/mol. The van der Waals surface area contributed by atoms with Gasteiger partial charge in [0.2, 0.25) is 0 Å². The lowest BCUT2D eigenvalue weighted by Crippen LogP contribution is -2.32. The Bertz CT molecular complexity index is 3120.